The standard InChI is InChI=1S/C12H16N2O7S/c1-4-7(2)10-5-9(13(15)16)6-11(14(17)18)12(10)8(3)22(19,20)21/h5-8H,4H2,1-3H3,(H,19,20,21). The van der Waals surface area contributed by atoms with Gasteiger partial charge in [0.25, 0.3) is 21.5 Å². The number of nitro groups is 2. The first-order valence-electron chi connectivity index (χ1n) is 6.43. The SMILES string of the molecule is CCC(C)c1cc([N+](=O)[O-])cc([N+](=O)[O-])c1C(C)S(=O)(=O)O. The van der Waals surface area contributed by atoms with E-state index >= 15 is 0 Å². The summed E-state index contributed by atoms with van der Waals surface area (Å²) in [6.07, 6.45) is 0.490. The molecule has 0 bridgehead atoms. The van der Waals surface area contributed by atoms with Crippen molar-refractivity contribution in [3.8, 4) is 0 Å². The van der Waals surface area contributed by atoms with Gasteiger partial charge in [-0.15, -0.1) is 0 Å². The van der Waals surface area contributed by atoms with Crippen LogP contribution in [0.3, 0.4) is 0 Å². The average Bonchev–Trinajstić information content (AvgIpc) is 2.42. The van der Waals surface area contributed by atoms with Crippen LogP contribution < -0.4 is 0 Å². The first-order chi connectivity index (χ1) is 10.0. The predicted molar refractivity (Wildman–Crippen MR) is 78.4 cm³/mol. The van der Waals surface area contributed by atoms with Gasteiger partial charge in [0, 0.05) is 6.07 Å². The van der Waals surface area contributed by atoms with Crippen molar-refractivity contribution in [2.24, 2.45) is 0 Å². The molecule has 1 aromatic carbocycles. The quantitative estimate of drug-likeness (QED) is 0.479. The van der Waals surface area contributed by atoms with Crippen LogP contribution in [0.25, 0.3) is 0 Å². The van der Waals surface area contributed by atoms with Gasteiger partial charge in [0.2, 0.25) is 0 Å². The molecule has 0 aliphatic heterocycles. The van der Waals surface area contributed by atoms with Crippen LogP contribution >= 0.6 is 0 Å². The summed E-state index contributed by atoms with van der Waals surface area (Å²) in [5, 5.41) is 20.6. The van der Waals surface area contributed by atoms with E-state index in [4.69, 9.17) is 0 Å². The van der Waals surface area contributed by atoms with Crippen LogP contribution in [0.15, 0.2) is 12.1 Å². The third-order valence-electron chi connectivity index (χ3n) is 3.58. The van der Waals surface area contributed by atoms with Crippen LogP contribution in [-0.4, -0.2) is 22.8 Å². The summed E-state index contributed by atoms with van der Waals surface area (Å²) in [6, 6.07) is 1.83. The number of hydrogen-bond donors (Lipinski definition) is 1. The summed E-state index contributed by atoms with van der Waals surface area (Å²) in [5.74, 6) is -0.349. The molecule has 0 saturated carbocycles. The maximum atomic E-state index is 11.4. The maximum absolute atomic E-state index is 11.4. The molecule has 0 amide bonds. The van der Waals surface area contributed by atoms with E-state index in [1.165, 1.54) is 0 Å². The van der Waals surface area contributed by atoms with E-state index in [2.05, 4.69) is 0 Å². The van der Waals surface area contributed by atoms with E-state index < -0.39 is 36.6 Å². The van der Waals surface area contributed by atoms with Gasteiger partial charge in [-0.3, -0.25) is 24.8 Å². The monoisotopic (exact) mass is 332 g/mol. The Labute approximate surface area is 127 Å². The minimum absolute atomic E-state index is 0.175. The smallest absolute Gasteiger partial charge is 0.281 e. The molecule has 22 heavy (non-hydrogen) atoms. The largest absolute Gasteiger partial charge is 0.285 e. The zero-order valence-corrected chi connectivity index (χ0v) is 13.0. The van der Waals surface area contributed by atoms with Crippen LogP contribution in [0.4, 0.5) is 11.4 Å². The van der Waals surface area contributed by atoms with Gasteiger partial charge in [0.05, 0.1) is 21.5 Å². The molecule has 0 aliphatic rings. The lowest BCUT2D eigenvalue weighted by Crippen LogP contribution is -2.14. The van der Waals surface area contributed by atoms with Gasteiger partial charge in [0.1, 0.15) is 5.25 Å². The molecule has 0 aliphatic carbocycles. The summed E-state index contributed by atoms with van der Waals surface area (Å²) < 4.78 is 32.0. The number of nitro benzene ring substituents is 2. The lowest BCUT2D eigenvalue weighted by molar-refractivity contribution is -0.394. The van der Waals surface area contributed by atoms with E-state index in [9.17, 15) is 33.2 Å². The minimum atomic E-state index is -4.58. The third kappa shape index (κ3) is 3.57. The van der Waals surface area contributed by atoms with Crippen LogP contribution in [0.5, 0.6) is 0 Å². The van der Waals surface area contributed by atoms with E-state index in [0.29, 0.717) is 12.5 Å². The Balaban J connectivity index is 3.84. The Hall–Kier alpha value is -2.07. The van der Waals surface area contributed by atoms with Crippen molar-refractivity contribution in [3.05, 3.63) is 43.5 Å². The number of non-ortho nitro benzene ring substituents is 1. The van der Waals surface area contributed by atoms with Gasteiger partial charge in [-0.2, -0.15) is 8.42 Å². The molecule has 0 radical (unpaired) electrons. The highest BCUT2D eigenvalue weighted by molar-refractivity contribution is 7.86. The molecule has 1 rings (SSSR count). The normalized spacial score (nSPS) is 14.4. The Morgan fingerprint density at radius 3 is 2.09 bits per heavy atom. The molecule has 0 aromatic heterocycles. The summed E-state index contributed by atoms with van der Waals surface area (Å²) in [4.78, 5) is 20.5. The highest BCUT2D eigenvalue weighted by Gasteiger charge is 2.34. The van der Waals surface area contributed by atoms with E-state index in [0.717, 1.165) is 13.0 Å². The number of benzene rings is 1. The minimum Gasteiger partial charge on any atom is -0.285 e. The van der Waals surface area contributed by atoms with Crippen LogP contribution in [0.2, 0.25) is 0 Å². The number of rotatable bonds is 6. The Kier molecular flexibility index (Phi) is 5.20. The van der Waals surface area contributed by atoms with Crippen LogP contribution in [0, 0.1) is 20.2 Å². The van der Waals surface area contributed by atoms with Crippen molar-refractivity contribution in [3.63, 3.8) is 0 Å². The molecule has 1 N–H and O–H groups in total. The van der Waals surface area contributed by atoms with E-state index in [-0.39, 0.29) is 17.0 Å². The number of hydrogen-bond acceptors (Lipinski definition) is 6. The lowest BCUT2D eigenvalue weighted by atomic mass is 9.90. The second-order valence-electron chi connectivity index (χ2n) is 4.95. The molecule has 0 spiro atoms. The summed E-state index contributed by atoms with van der Waals surface area (Å²) in [7, 11) is -4.58. The maximum Gasteiger partial charge on any atom is 0.281 e. The molecule has 1 aromatic rings. The molecular weight excluding hydrogens is 316 g/mol. The first-order valence-corrected chi connectivity index (χ1v) is 7.93. The van der Waals surface area contributed by atoms with Crippen LogP contribution in [0.1, 0.15) is 49.5 Å². The molecule has 2 atom stereocenters. The molecule has 9 nitrogen and oxygen atoms in total. The molecule has 0 fully saturated rings. The molecule has 2 unspecified atom stereocenters. The van der Waals surface area contributed by atoms with Crippen molar-refractivity contribution in [1.82, 2.24) is 0 Å². The fourth-order valence-corrected chi connectivity index (χ4v) is 2.68. The van der Waals surface area contributed by atoms with Crippen molar-refractivity contribution in [1.29, 1.82) is 0 Å². The van der Waals surface area contributed by atoms with Gasteiger partial charge in [-0.25, -0.2) is 0 Å². The van der Waals surface area contributed by atoms with Crippen molar-refractivity contribution < 1.29 is 22.8 Å². The zero-order valence-electron chi connectivity index (χ0n) is 12.2. The van der Waals surface area contributed by atoms with Gasteiger partial charge in [-0.1, -0.05) is 13.8 Å². The van der Waals surface area contributed by atoms with Gasteiger partial charge >= 0.3 is 0 Å². The average molecular weight is 332 g/mol. The zero-order chi connectivity index (χ0) is 17.2. The van der Waals surface area contributed by atoms with E-state index in [1.54, 1.807) is 13.8 Å². The topological polar surface area (TPSA) is 141 Å². The van der Waals surface area contributed by atoms with Crippen molar-refractivity contribution >= 4 is 21.5 Å². The fourth-order valence-electron chi connectivity index (χ4n) is 2.12. The Morgan fingerprint density at radius 1 is 1.18 bits per heavy atom. The molecular formula is C12H16N2O7S. The van der Waals surface area contributed by atoms with Crippen LogP contribution in [-0.2, 0) is 10.1 Å². The van der Waals surface area contributed by atoms with E-state index in [1.807, 2.05) is 0 Å². The second kappa shape index (κ2) is 6.36. The van der Waals surface area contributed by atoms with Gasteiger partial charge < -0.3 is 0 Å². The van der Waals surface area contributed by atoms with Crippen molar-refractivity contribution in [2.75, 3.05) is 0 Å². The number of nitrogens with zero attached hydrogens (tertiary/aromatic N) is 2. The highest BCUT2D eigenvalue weighted by Crippen LogP contribution is 2.40. The first kappa shape index (κ1) is 18.0. The summed E-state index contributed by atoms with van der Waals surface area (Å²) in [5.41, 5.74) is -1.22. The predicted octanol–water partition coefficient (Wildman–Crippen LogP) is 2.97. The van der Waals surface area contributed by atoms with Crippen molar-refractivity contribution in [2.45, 2.75) is 38.4 Å². The molecule has 10 heteroatoms. The summed E-state index contributed by atoms with van der Waals surface area (Å²) in [6.45, 7) is 4.54. The highest BCUT2D eigenvalue weighted by atomic mass is 32.2. The Morgan fingerprint density at radius 2 is 1.73 bits per heavy atom. The molecule has 0 saturated heterocycles. The van der Waals surface area contributed by atoms with Gasteiger partial charge in [-0.05, 0) is 24.8 Å². The summed E-state index contributed by atoms with van der Waals surface area (Å²) >= 11 is 0. The Bertz CT molecular complexity index is 714. The lowest BCUT2D eigenvalue weighted by Gasteiger charge is -2.18. The third-order valence-corrected chi connectivity index (χ3v) is 4.71. The molecule has 122 valence electrons. The molecule has 0 heterocycles. The fraction of sp³-hybridized carbons (Fsp3) is 0.500. The second-order valence-corrected chi connectivity index (χ2v) is 6.69. The van der Waals surface area contributed by atoms with Gasteiger partial charge in [0.15, 0.2) is 0 Å².